The van der Waals surface area contributed by atoms with Crippen molar-refractivity contribution in [3.8, 4) is 0 Å². The van der Waals surface area contributed by atoms with Crippen molar-refractivity contribution < 1.29 is 32.3 Å². The average molecular weight is 502 g/mol. The number of aryl methyl sites for hydroxylation is 1. The second-order valence-electron chi connectivity index (χ2n) is 9.42. The number of hydrogen-bond acceptors (Lipinski definition) is 7. The second-order valence-corrected chi connectivity index (χ2v) is 11.4. The van der Waals surface area contributed by atoms with Gasteiger partial charge in [-0.1, -0.05) is 23.3 Å². The van der Waals surface area contributed by atoms with E-state index in [1.54, 1.807) is 45.0 Å². The van der Waals surface area contributed by atoms with Crippen LogP contribution in [-0.2, 0) is 33.9 Å². The highest BCUT2D eigenvalue weighted by Crippen LogP contribution is 2.53. The van der Waals surface area contributed by atoms with Crippen LogP contribution in [0.15, 0.2) is 51.5 Å². The zero-order chi connectivity index (χ0) is 25.5. The molecule has 2 aliphatic carbocycles. The number of Topliss-reactive ketones (excluding diaryl/α,β-unsaturated/α-hetero) is 1. The highest BCUT2D eigenvalue weighted by Gasteiger charge is 2.57. The van der Waals surface area contributed by atoms with E-state index >= 15 is 0 Å². The van der Waals surface area contributed by atoms with Gasteiger partial charge < -0.3 is 9.47 Å². The van der Waals surface area contributed by atoms with Crippen molar-refractivity contribution in [2.75, 3.05) is 26.3 Å². The first-order valence-corrected chi connectivity index (χ1v) is 13.4. The molecule has 2 fully saturated rings. The molecule has 0 radical (unpaired) electrons. The summed E-state index contributed by atoms with van der Waals surface area (Å²) in [5.41, 5.74) is 2.16. The molecule has 0 N–H and O–H groups in total. The van der Waals surface area contributed by atoms with E-state index in [0.717, 1.165) is 16.7 Å². The molecule has 1 aliphatic heterocycles. The van der Waals surface area contributed by atoms with Gasteiger partial charge in [-0.3, -0.25) is 14.4 Å². The van der Waals surface area contributed by atoms with Crippen molar-refractivity contribution in [1.82, 2.24) is 4.31 Å². The maximum absolute atomic E-state index is 13.4. The van der Waals surface area contributed by atoms with Gasteiger partial charge in [-0.25, -0.2) is 8.42 Å². The van der Waals surface area contributed by atoms with Crippen LogP contribution in [0.25, 0.3) is 0 Å². The monoisotopic (exact) mass is 501 g/mol. The van der Waals surface area contributed by atoms with E-state index in [1.165, 1.54) is 4.31 Å². The van der Waals surface area contributed by atoms with E-state index in [-0.39, 0.29) is 62.2 Å². The van der Waals surface area contributed by atoms with Crippen LogP contribution < -0.4 is 0 Å². The van der Waals surface area contributed by atoms with E-state index < -0.39 is 27.4 Å². The van der Waals surface area contributed by atoms with Gasteiger partial charge in [0.2, 0.25) is 10.0 Å². The predicted octanol–water partition coefficient (Wildman–Crippen LogP) is 3.11. The summed E-state index contributed by atoms with van der Waals surface area (Å²) in [6.07, 6.45) is 0.340. The summed E-state index contributed by atoms with van der Waals surface area (Å²) in [6.45, 7) is 7.34. The molecule has 9 heteroatoms. The van der Waals surface area contributed by atoms with Crippen molar-refractivity contribution in [3.63, 3.8) is 0 Å². The molecule has 0 amide bonds. The molecular formula is C26H31NO7S. The van der Waals surface area contributed by atoms with E-state index in [0.29, 0.717) is 11.1 Å². The number of benzene rings is 1. The number of allylic oxidation sites excluding steroid dienone is 2. The first kappa shape index (κ1) is 25.3. The molecule has 1 aromatic rings. The van der Waals surface area contributed by atoms with Crippen LogP contribution in [0.4, 0.5) is 0 Å². The van der Waals surface area contributed by atoms with Gasteiger partial charge in [0.15, 0.2) is 11.2 Å². The minimum atomic E-state index is -3.80. The third-order valence-corrected chi connectivity index (χ3v) is 9.10. The number of fused-ring (bicyclic) bond motifs is 2. The molecule has 1 unspecified atom stereocenters. The molecule has 1 atom stereocenters. The van der Waals surface area contributed by atoms with Gasteiger partial charge in [-0.15, -0.1) is 0 Å². The third kappa shape index (κ3) is 4.25. The second kappa shape index (κ2) is 9.35. The van der Waals surface area contributed by atoms with Crippen LogP contribution in [0, 0.1) is 18.3 Å². The number of hydrogen-bond donors (Lipinski definition) is 0. The van der Waals surface area contributed by atoms with E-state index in [9.17, 15) is 22.8 Å². The number of ketones is 1. The minimum Gasteiger partial charge on any atom is -0.465 e. The van der Waals surface area contributed by atoms with Gasteiger partial charge in [0, 0.05) is 19.5 Å². The van der Waals surface area contributed by atoms with Crippen LogP contribution in [-0.4, -0.2) is 56.7 Å². The molecule has 188 valence electrons. The largest absolute Gasteiger partial charge is 0.465 e. The average Bonchev–Trinajstić information content (AvgIpc) is 3.40. The van der Waals surface area contributed by atoms with Crippen molar-refractivity contribution in [2.45, 2.75) is 51.9 Å². The van der Waals surface area contributed by atoms with Gasteiger partial charge in [0.1, 0.15) is 0 Å². The Hall–Kier alpha value is -2.78. The zero-order valence-electron chi connectivity index (χ0n) is 20.5. The number of ether oxygens (including phenoxy) is 2. The zero-order valence-corrected chi connectivity index (χ0v) is 21.4. The van der Waals surface area contributed by atoms with Crippen LogP contribution in [0.3, 0.4) is 0 Å². The summed E-state index contributed by atoms with van der Waals surface area (Å²) in [4.78, 5) is 39.3. The minimum absolute atomic E-state index is 0.0626. The Kier molecular flexibility index (Phi) is 6.76. The molecule has 1 aromatic carbocycles. The molecule has 1 saturated carbocycles. The first-order chi connectivity index (χ1) is 16.5. The molecule has 35 heavy (non-hydrogen) atoms. The van der Waals surface area contributed by atoms with Gasteiger partial charge in [-0.05, 0) is 75.3 Å². The van der Waals surface area contributed by atoms with Gasteiger partial charge >= 0.3 is 11.9 Å². The Morgan fingerprint density at radius 3 is 2.14 bits per heavy atom. The fraction of sp³-hybridized carbons (Fsp3) is 0.500. The standard InChI is InChI=1S/C26H31NO7S/c1-5-33-24(29)26(25(30)34-6-2)12-18-11-23(28)17(4)21-14-27(15-22(21)20(18)13-26)35(31,32)19-9-7-16(3)8-10-19/h7-10,18H,5-6,11-15H2,1-4H3. The number of carbonyl (C=O) groups is 3. The fourth-order valence-electron chi connectivity index (χ4n) is 5.38. The van der Waals surface area contributed by atoms with Crippen molar-refractivity contribution in [3.05, 3.63) is 52.1 Å². The summed E-state index contributed by atoms with van der Waals surface area (Å²) in [7, 11) is -3.80. The molecule has 1 saturated heterocycles. The molecule has 3 aliphatic rings. The topological polar surface area (TPSA) is 107 Å². The Labute approximate surface area is 206 Å². The molecule has 4 rings (SSSR count). The third-order valence-electron chi connectivity index (χ3n) is 7.29. The molecule has 1 heterocycles. The summed E-state index contributed by atoms with van der Waals surface area (Å²) in [5.74, 6) is -1.77. The molecule has 0 bridgehead atoms. The fourth-order valence-corrected chi connectivity index (χ4v) is 6.76. The molecule has 0 aromatic heterocycles. The predicted molar refractivity (Wildman–Crippen MR) is 128 cm³/mol. The highest BCUT2D eigenvalue weighted by atomic mass is 32.2. The lowest BCUT2D eigenvalue weighted by molar-refractivity contribution is -0.171. The number of esters is 2. The van der Waals surface area contributed by atoms with Crippen LogP contribution in [0.1, 0.15) is 45.6 Å². The smallest absolute Gasteiger partial charge is 0.323 e. The Balaban J connectivity index is 1.79. The normalized spacial score (nSPS) is 22.1. The Bertz CT molecular complexity index is 1220. The quantitative estimate of drug-likeness (QED) is 0.435. The maximum atomic E-state index is 13.4. The lowest BCUT2D eigenvalue weighted by atomic mass is 9.83. The maximum Gasteiger partial charge on any atom is 0.323 e. The van der Waals surface area contributed by atoms with Crippen molar-refractivity contribution >= 4 is 27.7 Å². The molecule has 8 nitrogen and oxygen atoms in total. The van der Waals surface area contributed by atoms with Crippen molar-refractivity contribution in [1.29, 1.82) is 0 Å². The van der Waals surface area contributed by atoms with Crippen LogP contribution in [0.5, 0.6) is 0 Å². The van der Waals surface area contributed by atoms with Gasteiger partial charge in [-0.2, -0.15) is 4.31 Å². The van der Waals surface area contributed by atoms with Crippen molar-refractivity contribution in [2.24, 2.45) is 11.3 Å². The SMILES string of the molecule is CCOC(=O)C1(C(=O)OCC)CC2=C3CN(S(=O)(=O)c4ccc(C)cc4)CC3=C(C)C(=O)CC2C1. The summed E-state index contributed by atoms with van der Waals surface area (Å²) in [6, 6.07) is 6.65. The lowest BCUT2D eigenvalue weighted by Gasteiger charge is -2.24. The van der Waals surface area contributed by atoms with Crippen LogP contribution in [0.2, 0.25) is 0 Å². The summed E-state index contributed by atoms with van der Waals surface area (Å²) >= 11 is 0. The number of carbonyl (C=O) groups excluding carboxylic acids is 3. The van der Waals surface area contributed by atoms with E-state index in [2.05, 4.69) is 0 Å². The number of sulfonamides is 1. The number of rotatable bonds is 6. The Morgan fingerprint density at radius 2 is 1.57 bits per heavy atom. The number of nitrogens with zero attached hydrogens (tertiary/aromatic N) is 1. The Morgan fingerprint density at radius 1 is 1.00 bits per heavy atom. The molecular weight excluding hydrogens is 470 g/mol. The first-order valence-electron chi connectivity index (χ1n) is 11.9. The highest BCUT2D eigenvalue weighted by molar-refractivity contribution is 7.89. The summed E-state index contributed by atoms with van der Waals surface area (Å²) in [5, 5.41) is 0. The van der Waals surface area contributed by atoms with Crippen LogP contribution >= 0.6 is 0 Å². The van der Waals surface area contributed by atoms with E-state index in [4.69, 9.17) is 9.47 Å². The van der Waals surface area contributed by atoms with Gasteiger partial charge in [0.25, 0.3) is 0 Å². The van der Waals surface area contributed by atoms with E-state index in [1.807, 2.05) is 6.92 Å². The molecule has 0 spiro atoms. The van der Waals surface area contributed by atoms with Gasteiger partial charge in [0.05, 0.1) is 18.1 Å². The lowest BCUT2D eigenvalue weighted by Crippen LogP contribution is -2.40. The summed E-state index contributed by atoms with van der Waals surface area (Å²) < 4.78 is 38.7.